The summed E-state index contributed by atoms with van der Waals surface area (Å²) < 4.78 is 1.69. The third kappa shape index (κ3) is 7.42. The minimum atomic E-state index is -1.09. The number of aromatic nitrogens is 2. The lowest BCUT2D eigenvalue weighted by Gasteiger charge is -2.28. The van der Waals surface area contributed by atoms with E-state index in [1.807, 2.05) is 57.5 Å². The van der Waals surface area contributed by atoms with Gasteiger partial charge >= 0.3 is 5.97 Å². The number of amides is 1. The third-order valence-electron chi connectivity index (χ3n) is 8.77. The molecule has 1 aliphatic heterocycles. The fourth-order valence-electron chi connectivity index (χ4n) is 5.92. The predicted octanol–water partition coefficient (Wildman–Crippen LogP) is 6.46. The molecular formula is C35H43N5O3. The van der Waals surface area contributed by atoms with Crippen molar-refractivity contribution < 1.29 is 14.7 Å². The van der Waals surface area contributed by atoms with Gasteiger partial charge in [-0.1, -0.05) is 61.9 Å². The highest BCUT2D eigenvalue weighted by Gasteiger charge is 2.24. The lowest BCUT2D eigenvalue weighted by Crippen LogP contribution is -2.42. The molecule has 2 aliphatic rings. The van der Waals surface area contributed by atoms with Crippen LogP contribution in [-0.4, -0.2) is 39.0 Å². The minimum Gasteiger partial charge on any atom is -0.480 e. The average Bonchev–Trinajstić information content (AvgIpc) is 3.53. The maximum Gasteiger partial charge on any atom is 0.326 e. The molecule has 1 aliphatic carbocycles. The van der Waals surface area contributed by atoms with Crippen molar-refractivity contribution in [2.75, 3.05) is 0 Å². The molecule has 8 heteroatoms. The molecular weight excluding hydrogens is 538 g/mol. The number of carbonyl (C=O) groups excluding carboxylic acids is 1. The number of rotatable bonds is 9. The van der Waals surface area contributed by atoms with Crippen LogP contribution < -0.4 is 10.6 Å². The van der Waals surface area contributed by atoms with Gasteiger partial charge in [0, 0.05) is 30.6 Å². The third-order valence-corrected chi connectivity index (χ3v) is 8.77. The van der Waals surface area contributed by atoms with Crippen molar-refractivity contribution in [2.45, 2.75) is 89.9 Å². The molecule has 1 unspecified atom stereocenters. The summed E-state index contributed by atoms with van der Waals surface area (Å²) in [5.41, 5.74) is 5.46. The molecule has 3 aromatic rings. The van der Waals surface area contributed by atoms with Crippen LogP contribution in [0.4, 0.5) is 0 Å². The largest absolute Gasteiger partial charge is 0.480 e. The number of nitrogens with zero attached hydrogens (tertiary/aromatic N) is 3. The first kappa shape index (κ1) is 30.3. The fraction of sp³-hybridized carbons (Fsp3) is 0.429. The molecule has 2 heterocycles. The molecule has 2 atom stereocenters. The first-order valence-corrected chi connectivity index (χ1v) is 15.4. The summed E-state index contributed by atoms with van der Waals surface area (Å²) in [4.78, 5) is 29.4. The van der Waals surface area contributed by atoms with Crippen LogP contribution in [0.15, 0.2) is 72.1 Å². The summed E-state index contributed by atoms with van der Waals surface area (Å²) in [6.07, 6.45) is 13.5. The number of hydrogen-bond acceptors (Lipinski definition) is 5. The van der Waals surface area contributed by atoms with E-state index in [1.54, 1.807) is 10.9 Å². The van der Waals surface area contributed by atoms with E-state index in [1.165, 1.54) is 43.9 Å². The zero-order valence-electron chi connectivity index (χ0n) is 25.6. The molecule has 0 radical (unpaired) electrons. The standard InChI is InChI=1S/C35H43N5O3/c1-5-23-6-10-25(11-7-23)26-14-16-27(17-15-26)29-19-36-32(37-20-29)28-12-8-24(9-13-28)18-31(34(42)43)39-33(41)30-21-38-40(22-30)35(2,3)4/h8-9,12-17,19-23,25,31-32,36H,5-7,10-11,18H2,1-4H3,(H,39,41)(H,42,43)/t23-,25-,31-,32?/m0/s1. The zero-order valence-corrected chi connectivity index (χ0v) is 25.6. The van der Waals surface area contributed by atoms with Crippen molar-refractivity contribution in [3.63, 3.8) is 0 Å². The molecule has 0 bridgehead atoms. The van der Waals surface area contributed by atoms with Crippen LogP contribution in [0.2, 0.25) is 0 Å². The quantitative estimate of drug-likeness (QED) is 0.269. The molecule has 1 fully saturated rings. The number of carboxylic acid groups (broad SMARTS) is 1. The second-order valence-electron chi connectivity index (χ2n) is 12.8. The Morgan fingerprint density at radius 1 is 1.02 bits per heavy atom. The SMILES string of the molecule is CC[C@H]1CC[C@H](c2ccc(C3=CNC(c4ccc(C[C@H](NC(=O)c5cnn(C(C)(C)C)c5)C(=O)O)cc4)N=C3)cc2)CC1. The van der Waals surface area contributed by atoms with Crippen molar-refractivity contribution in [1.29, 1.82) is 0 Å². The van der Waals surface area contributed by atoms with Gasteiger partial charge in [0.15, 0.2) is 0 Å². The minimum absolute atomic E-state index is 0.163. The van der Waals surface area contributed by atoms with Crippen molar-refractivity contribution in [2.24, 2.45) is 10.9 Å². The van der Waals surface area contributed by atoms with Gasteiger partial charge in [-0.25, -0.2) is 4.79 Å². The summed E-state index contributed by atoms with van der Waals surface area (Å²) in [5, 5.41) is 20.0. The molecule has 5 rings (SSSR count). The number of allylic oxidation sites excluding steroid dienone is 1. The number of benzene rings is 2. The Balaban J connectivity index is 1.15. The Morgan fingerprint density at radius 3 is 2.26 bits per heavy atom. The van der Waals surface area contributed by atoms with Gasteiger partial charge in [-0.2, -0.15) is 5.10 Å². The van der Waals surface area contributed by atoms with Crippen LogP contribution in [0, 0.1) is 5.92 Å². The Labute approximate surface area is 254 Å². The van der Waals surface area contributed by atoms with E-state index in [4.69, 9.17) is 4.99 Å². The molecule has 226 valence electrons. The van der Waals surface area contributed by atoms with E-state index in [2.05, 4.69) is 46.9 Å². The molecule has 0 saturated heterocycles. The van der Waals surface area contributed by atoms with Gasteiger partial charge in [-0.3, -0.25) is 14.5 Å². The van der Waals surface area contributed by atoms with E-state index in [9.17, 15) is 14.7 Å². The highest BCUT2D eigenvalue weighted by atomic mass is 16.4. The molecule has 1 amide bonds. The van der Waals surface area contributed by atoms with Gasteiger partial charge in [0.05, 0.1) is 17.3 Å². The van der Waals surface area contributed by atoms with Gasteiger partial charge in [0.25, 0.3) is 5.91 Å². The summed E-state index contributed by atoms with van der Waals surface area (Å²) in [6, 6.07) is 15.5. The number of carbonyl (C=O) groups is 2. The van der Waals surface area contributed by atoms with Crippen LogP contribution in [0.1, 0.15) is 104 Å². The van der Waals surface area contributed by atoms with Crippen molar-refractivity contribution in [1.82, 2.24) is 20.4 Å². The fourth-order valence-corrected chi connectivity index (χ4v) is 5.92. The van der Waals surface area contributed by atoms with Gasteiger partial charge in [-0.15, -0.1) is 0 Å². The van der Waals surface area contributed by atoms with E-state index >= 15 is 0 Å². The number of aliphatic imine (C=N–C) groups is 1. The number of hydrogen-bond donors (Lipinski definition) is 3. The van der Waals surface area contributed by atoms with Crippen LogP contribution in [-0.2, 0) is 16.8 Å². The highest BCUT2D eigenvalue weighted by Crippen LogP contribution is 2.37. The normalized spacial score (nSPS) is 21.0. The summed E-state index contributed by atoms with van der Waals surface area (Å²) >= 11 is 0. The van der Waals surface area contributed by atoms with Crippen molar-refractivity contribution >= 4 is 23.7 Å². The molecule has 1 saturated carbocycles. The number of carboxylic acids is 1. The average molecular weight is 582 g/mol. The Bertz CT molecular complexity index is 1470. The van der Waals surface area contributed by atoms with E-state index in [-0.39, 0.29) is 18.1 Å². The van der Waals surface area contributed by atoms with E-state index < -0.39 is 17.9 Å². The van der Waals surface area contributed by atoms with Gasteiger partial charge < -0.3 is 15.7 Å². The molecule has 3 N–H and O–H groups in total. The second-order valence-corrected chi connectivity index (χ2v) is 12.8. The smallest absolute Gasteiger partial charge is 0.326 e. The predicted molar refractivity (Wildman–Crippen MR) is 170 cm³/mol. The molecule has 43 heavy (non-hydrogen) atoms. The first-order chi connectivity index (χ1) is 20.6. The molecule has 8 nitrogen and oxygen atoms in total. The Morgan fingerprint density at radius 2 is 1.70 bits per heavy atom. The number of aliphatic carboxylic acids is 1. The van der Waals surface area contributed by atoms with Crippen molar-refractivity contribution in [3.05, 3.63) is 94.9 Å². The summed E-state index contributed by atoms with van der Waals surface area (Å²) in [6.45, 7) is 8.24. The maximum atomic E-state index is 12.7. The molecule has 0 spiro atoms. The van der Waals surface area contributed by atoms with Crippen LogP contribution in [0.5, 0.6) is 0 Å². The lowest BCUT2D eigenvalue weighted by atomic mass is 9.77. The van der Waals surface area contributed by atoms with Crippen LogP contribution >= 0.6 is 0 Å². The summed E-state index contributed by atoms with van der Waals surface area (Å²) in [7, 11) is 0. The van der Waals surface area contributed by atoms with E-state index in [0.29, 0.717) is 11.5 Å². The second kappa shape index (κ2) is 13.0. The zero-order chi connectivity index (χ0) is 30.6. The molecule has 2 aromatic carbocycles. The lowest BCUT2D eigenvalue weighted by molar-refractivity contribution is -0.139. The van der Waals surface area contributed by atoms with Crippen LogP contribution in [0.3, 0.4) is 0 Å². The maximum absolute atomic E-state index is 12.7. The van der Waals surface area contributed by atoms with Gasteiger partial charge in [0.1, 0.15) is 12.2 Å². The van der Waals surface area contributed by atoms with Crippen LogP contribution in [0.25, 0.3) is 5.57 Å². The first-order valence-electron chi connectivity index (χ1n) is 15.4. The monoisotopic (exact) mass is 581 g/mol. The summed E-state index contributed by atoms with van der Waals surface area (Å²) in [5.74, 6) is 0.0294. The number of nitrogens with one attached hydrogen (secondary N) is 2. The molecule has 1 aromatic heterocycles. The topological polar surface area (TPSA) is 109 Å². The van der Waals surface area contributed by atoms with Crippen molar-refractivity contribution in [3.8, 4) is 0 Å². The Kier molecular flexibility index (Phi) is 9.14. The van der Waals surface area contributed by atoms with E-state index in [0.717, 1.165) is 28.2 Å². The van der Waals surface area contributed by atoms with Gasteiger partial charge in [0.2, 0.25) is 0 Å². The van der Waals surface area contributed by atoms with Gasteiger partial charge in [-0.05, 0) is 80.5 Å². The Hall–Kier alpha value is -4.20. The highest BCUT2D eigenvalue weighted by molar-refractivity contribution is 6.10.